The Bertz CT molecular complexity index is 779. The van der Waals surface area contributed by atoms with Crippen LogP contribution in [0.3, 0.4) is 0 Å². The molecule has 2 aliphatic rings. The number of likely N-dealkylation sites (tertiary alicyclic amines) is 1. The van der Waals surface area contributed by atoms with Crippen LogP contribution < -0.4 is 14.8 Å². The van der Waals surface area contributed by atoms with Gasteiger partial charge in [0, 0.05) is 25.6 Å². The number of hydrogen-bond donors (Lipinski definition) is 1. The van der Waals surface area contributed by atoms with Gasteiger partial charge in [0.05, 0.1) is 0 Å². The molecule has 1 saturated heterocycles. The molecule has 1 fully saturated rings. The second kappa shape index (κ2) is 6.63. The standard InChI is InChI=1S/C19H19FN2O3/c20-16-4-1-13(2-5-16)10-21-19(23)22-8-7-15(11-22)14-3-6-17-18(9-14)25-12-24-17/h1-6,9,15H,7-8,10-12H2,(H,21,23)/t15-/m1/s1. The minimum Gasteiger partial charge on any atom is -0.454 e. The number of ether oxygens (including phenoxy) is 2. The molecule has 5 nitrogen and oxygen atoms in total. The Morgan fingerprint density at radius 1 is 1.16 bits per heavy atom. The maximum Gasteiger partial charge on any atom is 0.317 e. The maximum absolute atomic E-state index is 12.9. The van der Waals surface area contributed by atoms with Gasteiger partial charge < -0.3 is 19.7 Å². The molecule has 0 spiro atoms. The first-order valence-electron chi connectivity index (χ1n) is 8.36. The van der Waals surface area contributed by atoms with E-state index >= 15 is 0 Å². The van der Waals surface area contributed by atoms with Crippen molar-refractivity contribution in [1.29, 1.82) is 0 Å². The van der Waals surface area contributed by atoms with Crippen molar-refractivity contribution < 1.29 is 18.7 Å². The van der Waals surface area contributed by atoms with Crippen molar-refractivity contribution in [3.63, 3.8) is 0 Å². The van der Waals surface area contributed by atoms with Crippen LogP contribution >= 0.6 is 0 Å². The number of nitrogens with zero attached hydrogens (tertiary/aromatic N) is 1. The summed E-state index contributed by atoms with van der Waals surface area (Å²) in [6.45, 7) is 2.05. The van der Waals surface area contributed by atoms with Crippen LogP contribution in [0.25, 0.3) is 0 Å². The monoisotopic (exact) mass is 342 g/mol. The number of hydrogen-bond acceptors (Lipinski definition) is 3. The number of carbonyl (C=O) groups is 1. The molecule has 130 valence electrons. The van der Waals surface area contributed by atoms with Gasteiger partial charge >= 0.3 is 6.03 Å². The summed E-state index contributed by atoms with van der Waals surface area (Å²) in [7, 11) is 0. The summed E-state index contributed by atoms with van der Waals surface area (Å²) < 4.78 is 23.7. The molecule has 25 heavy (non-hydrogen) atoms. The van der Waals surface area contributed by atoms with Crippen molar-refractivity contribution in [3.8, 4) is 11.5 Å². The van der Waals surface area contributed by atoms with E-state index in [1.54, 1.807) is 12.1 Å². The predicted molar refractivity (Wildman–Crippen MR) is 90.1 cm³/mol. The zero-order valence-electron chi connectivity index (χ0n) is 13.7. The first kappa shape index (κ1) is 15.7. The minimum absolute atomic E-state index is 0.0902. The third kappa shape index (κ3) is 3.38. The highest BCUT2D eigenvalue weighted by Crippen LogP contribution is 2.37. The van der Waals surface area contributed by atoms with Gasteiger partial charge in [0.1, 0.15) is 5.82 Å². The van der Waals surface area contributed by atoms with Crippen LogP contribution in [0.4, 0.5) is 9.18 Å². The molecule has 0 bridgehead atoms. The second-order valence-electron chi connectivity index (χ2n) is 6.33. The summed E-state index contributed by atoms with van der Waals surface area (Å²) >= 11 is 0. The Kier molecular flexibility index (Phi) is 4.17. The van der Waals surface area contributed by atoms with Gasteiger partial charge in [-0.05, 0) is 41.8 Å². The summed E-state index contributed by atoms with van der Waals surface area (Å²) in [4.78, 5) is 14.2. The molecule has 0 unspecified atom stereocenters. The zero-order valence-corrected chi connectivity index (χ0v) is 13.7. The van der Waals surface area contributed by atoms with Crippen molar-refractivity contribution in [3.05, 3.63) is 59.4 Å². The number of amides is 2. The number of carbonyl (C=O) groups excluding carboxylic acids is 1. The Balaban J connectivity index is 1.34. The summed E-state index contributed by atoms with van der Waals surface area (Å²) in [6, 6.07) is 12.0. The molecule has 4 rings (SSSR count). The van der Waals surface area contributed by atoms with Crippen LogP contribution in [0, 0.1) is 5.82 Å². The van der Waals surface area contributed by atoms with Crippen LogP contribution in [0.15, 0.2) is 42.5 Å². The lowest BCUT2D eigenvalue weighted by molar-refractivity contribution is 0.174. The van der Waals surface area contributed by atoms with E-state index in [1.165, 1.54) is 12.1 Å². The van der Waals surface area contributed by atoms with Crippen LogP contribution in [0.2, 0.25) is 0 Å². The number of halogens is 1. The molecule has 1 atom stereocenters. The molecule has 0 aromatic heterocycles. The number of benzene rings is 2. The molecule has 2 aromatic carbocycles. The van der Waals surface area contributed by atoms with Crippen molar-refractivity contribution >= 4 is 6.03 Å². The Labute approximate surface area is 145 Å². The maximum atomic E-state index is 12.9. The van der Waals surface area contributed by atoms with Gasteiger partial charge in [-0.1, -0.05) is 18.2 Å². The molecule has 0 aliphatic carbocycles. The predicted octanol–water partition coefficient (Wildman–Crippen LogP) is 3.25. The van der Waals surface area contributed by atoms with Crippen molar-refractivity contribution in [2.75, 3.05) is 19.9 Å². The van der Waals surface area contributed by atoms with E-state index < -0.39 is 0 Å². The quantitative estimate of drug-likeness (QED) is 0.931. The smallest absolute Gasteiger partial charge is 0.317 e. The Morgan fingerprint density at radius 3 is 2.80 bits per heavy atom. The van der Waals surface area contributed by atoms with Gasteiger partial charge in [-0.15, -0.1) is 0 Å². The summed E-state index contributed by atoms with van der Waals surface area (Å²) in [6.07, 6.45) is 0.920. The van der Waals surface area contributed by atoms with Gasteiger partial charge in [-0.2, -0.15) is 0 Å². The van der Waals surface area contributed by atoms with E-state index in [1.807, 2.05) is 23.1 Å². The Hall–Kier alpha value is -2.76. The van der Waals surface area contributed by atoms with E-state index in [9.17, 15) is 9.18 Å². The average molecular weight is 342 g/mol. The van der Waals surface area contributed by atoms with E-state index in [4.69, 9.17) is 9.47 Å². The van der Waals surface area contributed by atoms with Crippen LogP contribution in [-0.4, -0.2) is 30.8 Å². The largest absolute Gasteiger partial charge is 0.454 e. The summed E-state index contributed by atoms with van der Waals surface area (Å²) in [5.41, 5.74) is 2.04. The van der Waals surface area contributed by atoms with E-state index in [-0.39, 0.29) is 18.6 Å². The SMILES string of the molecule is O=C(NCc1ccc(F)cc1)N1CC[C@@H](c2ccc3c(c2)OCO3)C1. The highest BCUT2D eigenvalue weighted by atomic mass is 19.1. The van der Waals surface area contributed by atoms with E-state index in [0.717, 1.165) is 29.0 Å². The van der Waals surface area contributed by atoms with Gasteiger partial charge in [-0.25, -0.2) is 9.18 Å². The van der Waals surface area contributed by atoms with Crippen molar-refractivity contribution in [2.45, 2.75) is 18.9 Å². The lowest BCUT2D eigenvalue weighted by atomic mass is 9.98. The normalized spacial score (nSPS) is 18.4. The molecule has 1 N–H and O–H groups in total. The highest BCUT2D eigenvalue weighted by Gasteiger charge is 2.28. The van der Waals surface area contributed by atoms with E-state index in [2.05, 4.69) is 5.32 Å². The first-order chi connectivity index (χ1) is 12.2. The van der Waals surface area contributed by atoms with Crippen molar-refractivity contribution in [1.82, 2.24) is 10.2 Å². The lowest BCUT2D eigenvalue weighted by Crippen LogP contribution is -2.37. The molecular formula is C19H19FN2O3. The van der Waals surface area contributed by atoms with Crippen LogP contribution in [0.5, 0.6) is 11.5 Å². The summed E-state index contributed by atoms with van der Waals surface area (Å²) in [5, 5.41) is 2.89. The minimum atomic E-state index is -0.277. The number of rotatable bonds is 3. The van der Waals surface area contributed by atoms with Crippen molar-refractivity contribution in [2.24, 2.45) is 0 Å². The van der Waals surface area contributed by atoms with Gasteiger partial charge in [0.25, 0.3) is 0 Å². The highest BCUT2D eigenvalue weighted by molar-refractivity contribution is 5.74. The second-order valence-corrected chi connectivity index (χ2v) is 6.33. The van der Waals surface area contributed by atoms with Gasteiger partial charge in [0.2, 0.25) is 6.79 Å². The summed E-state index contributed by atoms with van der Waals surface area (Å²) in [5.74, 6) is 1.57. The topological polar surface area (TPSA) is 50.8 Å². The molecule has 2 aromatic rings. The molecule has 0 radical (unpaired) electrons. The average Bonchev–Trinajstić information content (AvgIpc) is 3.29. The molecule has 0 saturated carbocycles. The molecular weight excluding hydrogens is 323 g/mol. The number of urea groups is 1. The number of fused-ring (bicyclic) bond motifs is 1. The number of nitrogens with one attached hydrogen (secondary N) is 1. The van der Waals surface area contributed by atoms with Crippen LogP contribution in [-0.2, 0) is 6.54 Å². The zero-order chi connectivity index (χ0) is 17.2. The third-order valence-electron chi connectivity index (χ3n) is 4.70. The van der Waals surface area contributed by atoms with Gasteiger partial charge in [-0.3, -0.25) is 0 Å². The fourth-order valence-corrected chi connectivity index (χ4v) is 3.28. The third-order valence-corrected chi connectivity index (χ3v) is 4.70. The first-order valence-corrected chi connectivity index (χ1v) is 8.36. The molecule has 2 amide bonds. The fourth-order valence-electron chi connectivity index (χ4n) is 3.28. The fraction of sp³-hybridized carbons (Fsp3) is 0.316. The Morgan fingerprint density at radius 2 is 1.96 bits per heavy atom. The molecule has 2 heterocycles. The van der Waals surface area contributed by atoms with E-state index in [0.29, 0.717) is 25.6 Å². The molecule has 6 heteroatoms. The van der Waals surface area contributed by atoms with Crippen LogP contribution in [0.1, 0.15) is 23.5 Å². The van der Waals surface area contributed by atoms with Gasteiger partial charge in [0.15, 0.2) is 11.5 Å². The molecule has 2 aliphatic heterocycles. The lowest BCUT2D eigenvalue weighted by Gasteiger charge is -2.18.